The van der Waals surface area contributed by atoms with Crippen LogP contribution in [0, 0.1) is 35.0 Å². The molecule has 0 aliphatic heterocycles. The topological polar surface area (TPSA) is 105 Å². The Kier molecular flexibility index (Phi) is 14.7. The molecule has 6 atom stereocenters. The van der Waals surface area contributed by atoms with Crippen LogP contribution in [0.3, 0.4) is 0 Å². The first-order valence-corrected chi connectivity index (χ1v) is 21.6. The second-order valence-electron chi connectivity index (χ2n) is 17.7. The van der Waals surface area contributed by atoms with Crippen LogP contribution >= 0.6 is 0 Å². The Morgan fingerprint density at radius 2 is 1.17 bits per heavy atom. The third-order valence-electron chi connectivity index (χ3n) is 13.9. The molecule has 0 spiro atoms. The van der Waals surface area contributed by atoms with Gasteiger partial charge in [-0.25, -0.2) is 0 Å². The van der Waals surface area contributed by atoms with Crippen LogP contribution in [0.5, 0.6) is 5.75 Å². The Bertz CT molecular complexity index is 1330. The van der Waals surface area contributed by atoms with Crippen molar-refractivity contribution in [3.63, 3.8) is 0 Å². The van der Waals surface area contributed by atoms with Gasteiger partial charge in [0, 0.05) is 0 Å². The van der Waals surface area contributed by atoms with Crippen molar-refractivity contribution < 1.29 is 38.1 Å². The van der Waals surface area contributed by atoms with E-state index in [4.69, 9.17) is 18.9 Å². The summed E-state index contributed by atoms with van der Waals surface area (Å²) in [6.45, 7) is 2.39. The molecule has 294 valence electrons. The van der Waals surface area contributed by atoms with Gasteiger partial charge in [0.2, 0.25) is 0 Å². The van der Waals surface area contributed by atoms with E-state index in [0.717, 1.165) is 116 Å². The zero-order valence-corrected chi connectivity index (χ0v) is 32.4. The number of fused-ring (bicyclic) bond motifs is 2. The van der Waals surface area contributed by atoms with Gasteiger partial charge in [0.25, 0.3) is 0 Å². The van der Waals surface area contributed by atoms with E-state index >= 15 is 0 Å². The zero-order valence-electron chi connectivity index (χ0n) is 32.4. The molecule has 1 aromatic carbocycles. The highest BCUT2D eigenvalue weighted by molar-refractivity contribution is 5.81. The minimum atomic E-state index is -0.539. The Hall–Kier alpha value is -2.90. The maximum Gasteiger partial charge on any atom is 0.314 e. The number of carbonyl (C=O) groups excluding carboxylic acids is 4. The fourth-order valence-electron chi connectivity index (χ4n) is 10.4. The van der Waals surface area contributed by atoms with Crippen LogP contribution in [-0.4, -0.2) is 42.2 Å². The van der Waals surface area contributed by atoms with Crippen molar-refractivity contribution in [3.05, 3.63) is 30.3 Å². The number of rotatable bonds is 16. The van der Waals surface area contributed by atoms with Crippen molar-refractivity contribution in [2.24, 2.45) is 35.0 Å². The van der Waals surface area contributed by atoms with Crippen LogP contribution in [0.2, 0.25) is 0 Å². The Morgan fingerprint density at radius 3 is 1.74 bits per heavy atom. The highest BCUT2D eigenvalue weighted by Gasteiger charge is 2.48. The van der Waals surface area contributed by atoms with Gasteiger partial charge >= 0.3 is 23.9 Å². The van der Waals surface area contributed by atoms with E-state index in [1.54, 1.807) is 12.1 Å². The third kappa shape index (κ3) is 11.8. The lowest BCUT2D eigenvalue weighted by atomic mass is 9.65. The summed E-state index contributed by atoms with van der Waals surface area (Å²) in [5.41, 5.74) is 0.0807. The average Bonchev–Trinajstić information content (AvgIpc) is 3.54. The predicted octanol–water partition coefficient (Wildman–Crippen LogP) is 10.2. The standard InChI is InChI=1S/C45H66O8/c1-45(27-25-35(44(49)53-40-20-12-5-13-21-40)31-42(47)51-38-16-8-3-9-17-38)26-24-33-29-36(45)28-32(33)22-23-34(43(48)52-39-18-10-4-11-19-39)30-41(46)50-37-14-6-2-7-15-37/h4,10-11,18-19,32-38,40H,2-3,5-9,12-17,20-31H2,1H3. The molecule has 8 heteroatoms. The van der Waals surface area contributed by atoms with Crippen LogP contribution in [0.25, 0.3) is 0 Å². The lowest BCUT2D eigenvalue weighted by Crippen LogP contribution is -2.33. The van der Waals surface area contributed by atoms with Gasteiger partial charge in [0.15, 0.2) is 0 Å². The molecule has 0 N–H and O–H groups in total. The molecule has 5 aliphatic rings. The Labute approximate surface area is 318 Å². The molecule has 0 amide bonds. The molecule has 5 saturated carbocycles. The number of benzene rings is 1. The van der Waals surface area contributed by atoms with Gasteiger partial charge in [0.1, 0.15) is 24.1 Å². The molecule has 6 unspecified atom stereocenters. The molecule has 2 bridgehead atoms. The minimum absolute atomic E-state index is 0.0168. The summed E-state index contributed by atoms with van der Waals surface area (Å²) in [6, 6.07) is 9.12. The molecule has 6 rings (SSSR count). The van der Waals surface area contributed by atoms with E-state index in [1.165, 1.54) is 19.3 Å². The SMILES string of the molecule is CC1(CCC(CC(=O)OC2CCCCC2)C(=O)OC2CCCCC2)CCC2CC1CC2CCC(CC(=O)OC1CCCCC1)C(=O)Oc1ccccc1. The summed E-state index contributed by atoms with van der Waals surface area (Å²) in [4.78, 5) is 53.4. The summed E-state index contributed by atoms with van der Waals surface area (Å²) >= 11 is 0. The lowest BCUT2D eigenvalue weighted by molar-refractivity contribution is -0.163. The second kappa shape index (κ2) is 19.6. The average molecular weight is 735 g/mol. The molecular weight excluding hydrogens is 668 g/mol. The first-order chi connectivity index (χ1) is 25.7. The summed E-state index contributed by atoms with van der Waals surface area (Å²) < 4.78 is 23.6. The summed E-state index contributed by atoms with van der Waals surface area (Å²) in [5.74, 6) is 0.00735. The lowest BCUT2D eigenvalue weighted by Gasteiger charge is -2.40. The smallest absolute Gasteiger partial charge is 0.314 e. The number of ether oxygens (including phenoxy) is 4. The molecule has 5 aliphatic carbocycles. The van der Waals surface area contributed by atoms with E-state index in [0.29, 0.717) is 36.3 Å². The normalized spacial score (nSPS) is 28.1. The molecule has 0 heterocycles. The van der Waals surface area contributed by atoms with Crippen molar-refractivity contribution in [1.29, 1.82) is 0 Å². The summed E-state index contributed by atoms with van der Waals surface area (Å²) in [6.07, 6.45) is 23.2. The zero-order chi connectivity index (χ0) is 37.0. The van der Waals surface area contributed by atoms with Gasteiger partial charge in [-0.2, -0.15) is 0 Å². The Morgan fingerprint density at radius 1 is 0.642 bits per heavy atom. The molecule has 5 fully saturated rings. The maximum absolute atomic E-state index is 13.6. The molecule has 0 aromatic heterocycles. The fourth-order valence-corrected chi connectivity index (χ4v) is 10.4. The van der Waals surface area contributed by atoms with Crippen molar-refractivity contribution in [2.75, 3.05) is 0 Å². The van der Waals surface area contributed by atoms with Gasteiger partial charge in [-0.1, -0.05) is 44.4 Å². The molecule has 8 nitrogen and oxygen atoms in total. The monoisotopic (exact) mass is 734 g/mol. The minimum Gasteiger partial charge on any atom is -0.462 e. The van der Waals surface area contributed by atoms with Crippen LogP contribution in [0.15, 0.2) is 30.3 Å². The largest absolute Gasteiger partial charge is 0.462 e. The van der Waals surface area contributed by atoms with Crippen LogP contribution in [-0.2, 0) is 33.4 Å². The van der Waals surface area contributed by atoms with Crippen LogP contribution in [0.4, 0.5) is 0 Å². The van der Waals surface area contributed by atoms with Crippen molar-refractivity contribution in [2.45, 2.75) is 186 Å². The van der Waals surface area contributed by atoms with Gasteiger partial charge in [0.05, 0.1) is 24.7 Å². The van der Waals surface area contributed by atoms with Crippen molar-refractivity contribution in [3.8, 4) is 5.75 Å². The van der Waals surface area contributed by atoms with Gasteiger partial charge < -0.3 is 18.9 Å². The number of hydrogen-bond donors (Lipinski definition) is 0. The second-order valence-corrected chi connectivity index (χ2v) is 17.7. The highest BCUT2D eigenvalue weighted by atomic mass is 16.6. The van der Waals surface area contributed by atoms with Crippen LogP contribution < -0.4 is 4.74 Å². The van der Waals surface area contributed by atoms with Crippen molar-refractivity contribution >= 4 is 23.9 Å². The fraction of sp³-hybridized carbons (Fsp3) is 0.778. The highest BCUT2D eigenvalue weighted by Crippen LogP contribution is 2.58. The van der Waals surface area contributed by atoms with Gasteiger partial charge in [-0.3, -0.25) is 19.2 Å². The summed E-state index contributed by atoms with van der Waals surface area (Å²) in [7, 11) is 0. The Balaban J connectivity index is 1.04. The van der Waals surface area contributed by atoms with E-state index in [9.17, 15) is 19.2 Å². The quantitative estimate of drug-likeness (QED) is 0.0939. The third-order valence-corrected chi connectivity index (χ3v) is 13.9. The first-order valence-electron chi connectivity index (χ1n) is 21.6. The predicted molar refractivity (Wildman–Crippen MR) is 203 cm³/mol. The summed E-state index contributed by atoms with van der Waals surface area (Å²) in [5, 5.41) is 0. The first kappa shape index (κ1) is 39.8. The van der Waals surface area contributed by atoms with Gasteiger partial charge in [-0.15, -0.1) is 0 Å². The number of hydrogen-bond acceptors (Lipinski definition) is 8. The number of para-hydroxylation sites is 1. The van der Waals surface area contributed by atoms with Crippen LogP contribution in [0.1, 0.15) is 167 Å². The maximum atomic E-state index is 13.6. The molecule has 0 radical (unpaired) electrons. The number of carbonyl (C=O) groups is 4. The molecule has 53 heavy (non-hydrogen) atoms. The van der Waals surface area contributed by atoms with E-state index in [1.807, 2.05) is 18.2 Å². The number of esters is 4. The van der Waals surface area contributed by atoms with Gasteiger partial charge in [-0.05, 0) is 164 Å². The van der Waals surface area contributed by atoms with E-state index in [-0.39, 0.29) is 60.4 Å². The molecule has 0 saturated heterocycles. The van der Waals surface area contributed by atoms with E-state index < -0.39 is 11.8 Å². The molecular formula is C45H66O8. The molecule has 1 aromatic rings. The van der Waals surface area contributed by atoms with Crippen molar-refractivity contribution in [1.82, 2.24) is 0 Å². The van der Waals surface area contributed by atoms with E-state index in [2.05, 4.69) is 6.92 Å².